The van der Waals surface area contributed by atoms with Crippen molar-refractivity contribution >= 4 is 0 Å². The van der Waals surface area contributed by atoms with E-state index >= 15 is 0 Å². The molecule has 0 saturated heterocycles. The molecule has 1 aromatic carbocycles. The van der Waals surface area contributed by atoms with Crippen molar-refractivity contribution in [2.24, 2.45) is 0 Å². The fourth-order valence-corrected chi connectivity index (χ4v) is 1.60. The maximum atomic E-state index is 5.85. The van der Waals surface area contributed by atoms with E-state index in [1.165, 1.54) is 11.1 Å². The van der Waals surface area contributed by atoms with Gasteiger partial charge in [0.15, 0.2) is 0 Å². The van der Waals surface area contributed by atoms with E-state index in [-0.39, 0.29) is 11.5 Å². The molecule has 0 aliphatic heterocycles. The van der Waals surface area contributed by atoms with Gasteiger partial charge in [-0.15, -0.1) is 0 Å². The van der Waals surface area contributed by atoms with Gasteiger partial charge in [0.25, 0.3) is 0 Å². The van der Waals surface area contributed by atoms with Gasteiger partial charge in [-0.25, -0.2) is 0 Å². The normalized spacial score (nSPS) is 11.9. The first-order valence-corrected chi connectivity index (χ1v) is 5.58. The topological polar surface area (TPSA) is 9.23 Å². The Morgan fingerprint density at radius 1 is 1.13 bits per heavy atom. The number of ether oxygens (including phenoxy) is 1. The van der Waals surface area contributed by atoms with Crippen LogP contribution in [0.1, 0.15) is 45.7 Å². The van der Waals surface area contributed by atoms with Gasteiger partial charge in [0, 0.05) is 0 Å². The minimum absolute atomic E-state index is 0.137. The van der Waals surface area contributed by atoms with Crippen LogP contribution in [-0.2, 0) is 5.41 Å². The van der Waals surface area contributed by atoms with Crippen LogP contribution < -0.4 is 4.74 Å². The van der Waals surface area contributed by atoms with Gasteiger partial charge in [0.1, 0.15) is 5.75 Å². The lowest BCUT2D eigenvalue weighted by Crippen LogP contribution is -2.16. The lowest BCUT2D eigenvalue weighted by Gasteiger charge is -2.24. The molecule has 15 heavy (non-hydrogen) atoms. The van der Waals surface area contributed by atoms with E-state index < -0.39 is 0 Å². The second kappa shape index (κ2) is 4.26. The van der Waals surface area contributed by atoms with Crippen molar-refractivity contribution in [3.63, 3.8) is 0 Å². The molecule has 0 heterocycles. The monoisotopic (exact) mass is 206 g/mol. The second-order valence-electron chi connectivity index (χ2n) is 5.42. The Hall–Kier alpha value is -0.980. The van der Waals surface area contributed by atoms with Crippen LogP contribution in [0, 0.1) is 6.92 Å². The molecule has 1 rings (SSSR count). The Morgan fingerprint density at radius 3 is 2.20 bits per heavy atom. The highest BCUT2D eigenvalue weighted by Gasteiger charge is 2.19. The van der Waals surface area contributed by atoms with Crippen molar-refractivity contribution in [3.8, 4) is 5.75 Å². The van der Waals surface area contributed by atoms with Gasteiger partial charge in [-0.2, -0.15) is 0 Å². The molecule has 0 aliphatic carbocycles. The highest BCUT2D eigenvalue weighted by molar-refractivity contribution is 5.41. The molecule has 1 nitrogen and oxygen atoms in total. The van der Waals surface area contributed by atoms with Crippen molar-refractivity contribution < 1.29 is 4.74 Å². The average Bonchev–Trinajstić information content (AvgIpc) is 1.99. The average molecular weight is 206 g/mol. The van der Waals surface area contributed by atoms with Gasteiger partial charge in [-0.1, -0.05) is 32.9 Å². The molecule has 0 fully saturated rings. The summed E-state index contributed by atoms with van der Waals surface area (Å²) in [5.74, 6) is 1.03. The highest BCUT2D eigenvalue weighted by Crippen LogP contribution is 2.32. The fraction of sp³-hybridized carbons (Fsp3) is 0.571. The molecule has 84 valence electrons. The molecule has 0 N–H and O–H groups in total. The van der Waals surface area contributed by atoms with E-state index in [0.717, 1.165) is 5.75 Å². The SMILES string of the molecule is Cc1ccc(C(C)(C)C)c(OC(C)C)c1. The predicted molar refractivity (Wildman–Crippen MR) is 65.6 cm³/mol. The first-order valence-electron chi connectivity index (χ1n) is 5.58. The van der Waals surface area contributed by atoms with Crippen LogP contribution in [0.2, 0.25) is 0 Å². The molecule has 0 aliphatic rings. The highest BCUT2D eigenvalue weighted by atomic mass is 16.5. The fourth-order valence-electron chi connectivity index (χ4n) is 1.60. The predicted octanol–water partition coefficient (Wildman–Crippen LogP) is 4.08. The molecular weight excluding hydrogens is 184 g/mol. The molecule has 0 unspecified atom stereocenters. The Kier molecular flexibility index (Phi) is 3.43. The Balaban J connectivity index is 3.15. The molecule has 0 atom stereocenters. The summed E-state index contributed by atoms with van der Waals surface area (Å²) < 4.78 is 5.85. The van der Waals surface area contributed by atoms with Crippen molar-refractivity contribution in [3.05, 3.63) is 29.3 Å². The molecule has 0 radical (unpaired) electrons. The summed E-state index contributed by atoms with van der Waals surface area (Å²) in [6.45, 7) is 12.9. The zero-order chi connectivity index (χ0) is 11.6. The van der Waals surface area contributed by atoms with E-state index in [1.54, 1.807) is 0 Å². The third-order valence-corrected chi connectivity index (χ3v) is 2.31. The van der Waals surface area contributed by atoms with Crippen LogP contribution in [0.15, 0.2) is 18.2 Å². The first kappa shape index (κ1) is 12.1. The maximum absolute atomic E-state index is 5.85. The quantitative estimate of drug-likeness (QED) is 0.708. The summed E-state index contributed by atoms with van der Waals surface area (Å²) in [5.41, 5.74) is 2.67. The molecule has 0 aromatic heterocycles. The van der Waals surface area contributed by atoms with Crippen LogP contribution in [0.5, 0.6) is 5.75 Å². The van der Waals surface area contributed by atoms with Crippen molar-refractivity contribution in [2.75, 3.05) is 0 Å². The summed E-state index contributed by atoms with van der Waals surface area (Å²) in [7, 11) is 0. The minimum Gasteiger partial charge on any atom is -0.491 e. The van der Waals surface area contributed by atoms with Crippen LogP contribution in [-0.4, -0.2) is 6.10 Å². The third-order valence-electron chi connectivity index (χ3n) is 2.31. The number of hydrogen-bond donors (Lipinski definition) is 0. The summed E-state index contributed by atoms with van der Waals surface area (Å²) in [5, 5.41) is 0. The third kappa shape index (κ3) is 3.26. The van der Waals surface area contributed by atoms with Crippen LogP contribution in [0.3, 0.4) is 0 Å². The summed E-state index contributed by atoms with van der Waals surface area (Å²) >= 11 is 0. The largest absolute Gasteiger partial charge is 0.491 e. The standard InChI is InChI=1S/C14H22O/c1-10(2)15-13-9-11(3)7-8-12(13)14(4,5)6/h7-10H,1-6H3. The van der Waals surface area contributed by atoms with Crippen LogP contribution >= 0.6 is 0 Å². The van der Waals surface area contributed by atoms with E-state index in [0.29, 0.717) is 0 Å². The molecule has 0 amide bonds. The van der Waals surface area contributed by atoms with Crippen LogP contribution in [0.25, 0.3) is 0 Å². The van der Waals surface area contributed by atoms with E-state index in [2.05, 4.69) is 59.7 Å². The molecule has 0 bridgehead atoms. The summed E-state index contributed by atoms with van der Waals surface area (Å²) in [6, 6.07) is 6.45. The number of rotatable bonds is 2. The molecule has 0 saturated carbocycles. The molecular formula is C14H22O. The zero-order valence-corrected chi connectivity index (χ0v) is 10.7. The van der Waals surface area contributed by atoms with Crippen molar-refractivity contribution in [1.82, 2.24) is 0 Å². The van der Waals surface area contributed by atoms with Gasteiger partial charge in [0.2, 0.25) is 0 Å². The summed E-state index contributed by atoms with van der Waals surface area (Å²) in [4.78, 5) is 0. The minimum atomic E-state index is 0.137. The van der Waals surface area contributed by atoms with Gasteiger partial charge in [0.05, 0.1) is 6.10 Å². The van der Waals surface area contributed by atoms with Gasteiger partial charge < -0.3 is 4.74 Å². The lowest BCUT2D eigenvalue weighted by atomic mass is 9.86. The molecule has 1 heteroatoms. The van der Waals surface area contributed by atoms with E-state index in [4.69, 9.17) is 4.74 Å². The number of hydrogen-bond acceptors (Lipinski definition) is 1. The number of benzene rings is 1. The Bertz CT molecular complexity index is 332. The first-order chi connectivity index (χ1) is 6.80. The zero-order valence-electron chi connectivity index (χ0n) is 10.7. The Labute approximate surface area is 93.5 Å². The number of aryl methyl sites for hydroxylation is 1. The van der Waals surface area contributed by atoms with Gasteiger partial charge in [-0.3, -0.25) is 0 Å². The van der Waals surface area contributed by atoms with Gasteiger partial charge in [-0.05, 0) is 43.4 Å². The summed E-state index contributed by atoms with van der Waals surface area (Å²) in [6.07, 6.45) is 0.230. The van der Waals surface area contributed by atoms with Crippen molar-refractivity contribution in [2.45, 2.75) is 53.1 Å². The lowest BCUT2D eigenvalue weighted by molar-refractivity contribution is 0.236. The van der Waals surface area contributed by atoms with Crippen LogP contribution in [0.4, 0.5) is 0 Å². The van der Waals surface area contributed by atoms with E-state index in [9.17, 15) is 0 Å². The maximum Gasteiger partial charge on any atom is 0.123 e. The smallest absolute Gasteiger partial charge is 0.123 e. The Morgan fingerprint density at radius 2 is 1.73 bits per heavy atom. The van der Waals surface area contributed by atoms with Gasteiger partial charge >= 0.3 is 0 Å². The molecule has 1 aromatic rings. The van der Waals surface area contributed by atoms with Crippen molar-refractivity contribution in [1.29, 1.82) is 0 Å². The second-order valence-corrected chi connectivity index (χ2v) is 5.42. The van der Waals surface area contributed by atoms with E-state index in [1.807, 2.05) is 0 Å². The molecule has 0 spiro atoms.